The SMILES string of the molecule is C=C[C@H](C)[C@@H](NC(=O)C(F)(F)F)C(=O)O. The summed E-state index contributed by atoms with van der Waals surface area (Å²) in [6.07, 6.45) is -3.94. The third-order valence-electron chi connectivity index (χ3n) is 1.71. The molecule has 0 saturated heterocycles. The van der Waals surface area contributed by atoms with Gasteiger partial charge in [0, 0.05) is 5.92 Å². The van der Waals surface area contributed by atoms with E-state index in [1.165, 1.54) is 12.2 Å². The first-order valence-electron chi connectivity index (χ1n) is 3.93. The smallest absolute Gasteiger partial charge is 0.471 e. The first-order chi connectivity index (χ1) is 6.70. The summed E-state index contributed by atoms with van der Waals surface area (Å²) in [6, 6.07) is -1.63. The van der Waals surface area contributed by atoms with Crippen molar-refractivity contribution in [3.8, 4) is 0 Å². The van der Waals surface area contributed by atoms with Gasteiger partial charge in [0.25, 0.3) is 0 Å². The Balaban J connectivity index is 4.64. The topological polar surface area (TPSA) is 66.4 Å². The number of alkyl halides is 3. The summed E-state index contributed by atoms with van der Waals surface area (Å²) in [7, 11) is 0. The number of hydrogen-bond donors (Lipinski definition) is 2. The molecule has 0 aliphatic carbocycles. The normalized spacial score (nSPS) is 15.2. The molecule has 7 heteroatoms. The highest BCUT2D eigenvalue weighted by Gasteiger charge is 2.41. The third-order valence-corrected chi connectivity index (χ3v) is 1.71. The van der Waals surface area contributed by atoms with Crippen LogP contribution in [0.1, 0.15) is 6.92 Å². The summed E-state index contributed by atoms with van der Waals surface area (Å²) in [5.74, 6) is -4.61. The molecular weight excluding hydrogens is 215 g/mol. The van der Waals surface area contributed by atoms with E-state index < -0.39 is 30.0 Å². The minimum atomic E-state index is -5.09. The van der Waals surface area contributed by atoms with E-state index in [4.69, 9.17) is 5.11 Å². The van der Waals surface area contributed by atoms with Gasteiger partial charge in [-0.15, -0.1) is 6.58 Å². The number of hydrogen-bond acceptors (Lipinski definition) is 2. The molecular formula is C8H10F3NO3. The summed E-state index contributed by atoms with van der Waals surface area (Å²) >= 11 is 0. The summed E-state index contributed by atoms with van der Waals surface area (Å²) in [4.78, 5) is 21.0. The van der Waals surface area contributed by atoms with Crippen LogP contribution in [0.3, 0.4) is 0 Å². The maximum absolute atomic E-state index is 11.8. The molecule has 0 aliphatic rings. The molecule has 2 atom stereocenters. The van der Waals surface area contributed by atoms with Crippen molar-refractivity contribution in [3.63, 3.8) is 0 Å². The largest absolute Gasteiger partial charge is 0.480 e. The first kappa shape index (κ1) is 13.5. The Morgan fingerprint density at radius 3 is 2.20 bits per heavy atom. The lowest BCUT2D eigenvalue weighted by Gasteiger charge is -2.19. The Morgan fingerprint density at radius 1 is 1.47 bits per heavy atom. The van der Waals surface area contributed by atoms with E-state index >= 15 is 0 Å². The Kier molecular flexibility index (Phi) is 4.32. The van der Waals surface area contributed by atoms with Gasteiger partial charge in [-0.3, -0.25) is 4.79 Å². The summed E-state index contributed by atoms with van der Waals surface area (Å²) in [5.41, 5.74) is 0. The molecule has 0 rings (SSSR count). The minimum Gasteiger partial charge on any atom is -0.480 e. The second kappa shape index (κ2) is 4.81. The average molecular weight is 225 g/mol. The number of halogens is 3. The fourth-order valence-electron chi connectivity index (χ4n) is 0.777. The van der Waals surface area contributed by atoms with Crippen LogP contribution in [0.25, 0.3) is 0 Å². The lowest BCUT2D eigenvalue weighted by molar-refractivity contribution is -0.175. The fraction of sp³-hybridized carbons (Fsp3) is 0.500. The van der Waals surface area contributed by atoms with Gasteiger partial charge < -0.3 is 10.4 Å². The highest BCUT2D eigenvalue weighted by molar-refractivity contribution is 5.87. The van der Waals surface area contributed by atoms with E-state index in [1.54, 1.807) is 0 Å². The molecule has 0 aromatic heterocycles. The molecule has 0 fully saturated rings. The second-order valence-corrected chi connectivity index (χ2v) is 2.88. The number of carboxylic acid groups (broad SMARTS) is 1. The van der Waals surface area contributed by atoms with Crippen molar-refractivity contribution >= 4 is 11.9 Å². The number of aliphatic carboxylic acids is 1. The molecule has 15 heavy (non-hydrogen) atoms. The lowest BCUT2D eigenvalue weighted by Crippen LogP contribution is -2.49. The van der Waals surface area contributed by atoms with Crippen LogP contribution in [0.4, 0.5) is 13.2 Å². The number of amides is 1. The van der Waals surface area contributed by atoms with E-state index in [0.29, 0.717) is 0 Å². The van der Waals surface area contributed by atoms with Gasteiger partial charge >= 0.3 is 18.1 Å². The molecule has 0 bridgehead atoms. The zero-order valence-corrected chi connectivity index (χ0v) is 7.84. The van der Waals surface area contributed by atoms with Crippen LogP contribution in [0.15, 0.2) is 12.7 Å². The summed E-state index contributed by atoms with van der Waals surface area (Å²) in [5, 5.41) is 9.93. The highest BCUT2D eigenvalue weighted by atomic mass is 19.4. The van der Waals surface area contributed by atoms with Crippen LogP contribution in [0.2, 0.25) is 0 Å². The molecule has 1 amide bonds. The van der Waals surface area contributed by atoms with Gasteiger partial charge in [0.2, 0.25) is 0 Å². The van der Waals surface area contributed by atoms with Crippen LogP contribution in [-0.2, 0) is 9.59 Å². The molecule has 4 nitrogen and oxygen atoms in total. The standard InChI is InChI=1S/C8H10F3NO3/c1-3-4(2)5(6(13)14)12-7(15)8(9,10)11/h3-5H,1H2,2H3,(H,12,15)(H,13,14)/t4-,5+/m0/s1. The highest BCUT2D eigenvalue weighted by Crippen LogP contribution is 2.16. The third kappa shape index (κ3) is 4.01. The molecule has 0 heterocycles. The Morgan fingerprint density at radius 2 is 1.93 bits per heavy atom. The van der Waals surface area contributed by atoms with E-state index in [2.05, 4.69) is 6.58 Å². The number of nitrogens with one attached hydrogen (secondary N) is 1. The summed E-state index contributed by atoms with van der Waals surface area (Å²) < 4.78 is 35.4. The van der Waals surface area contributed by atoms with E-state index in [9.17, 15) is 22.8 Å². The molecule has 0 spiro atoms. The maximum Gasteiger partial charge on any atom is 0.471 e. The van der Waals surface area contributed by atoms with Gasteiger partial charge in [-0.25, -0.2) is 4.79 Å². The molecule has 0 radical (unpaired) electrons. The van der Waals surface area contributed by atoms with Gasteiger partial charge in [0.15, 0.2) is 0 Å². The lowest BCUT2D eigenvalue weighted by atomic mass is 10.0. The quantitative estimate of drug-likeness (QED) is 0.700. The summed E-state index contributed by atoms with van der Waals surface area (Å²) in [6.45, 7) is 4.57. The Bertz CT molecular complexity index is 275. The van der Waals surface area contributed by atoms with Crippen molar-refractivity contribution < 1.29 is 27.9 Å². The number of carbonyl (C=O) groups is 2. The Labute approximate surface area is 83.8 Å². The van der Waals surface area contributed by atoms with E-state index in [-0.39, 0.29) is 0 Å². The zero-order chi connectivity index (χ0) is 12.2. The van der Waals surface area contributed by atoms with Crippen LogP contribution in [0, 0.1) is 5.92 Å². The molecule has 86 valence electrons. The number of rotatable bonds is 4. The molecule has 0 saturated carbocycles. The number of carboxylic acids is 1. The minimum absolute atomic E-state index is 0.797. The molecule has 0 aromatic rings. The fourth-order valence-corrected chi connectivity index (χ4v) is 0.777. The van der Waals surface area contributed by atoms with Gasteiger partial charge in [-0.2, -0.15) is 13.2 Å². The van der Waals surface area contributed by atoms with Crippen molar-refractivity contribution in [3.05, 3.63) is 12.7 Å². The first-order valence-corrected chi connectivity index (χ1v) is 3.93. The van der Waals surface area contributed by atoms with Crippen LogP contribution < -0.4 is 5.32 Å². The van der Waals surface area contributed by atoms with Crippen molar-refractivity contribution in [1.29, 1.82) is 0 Å². The Hall–Kier alpha value is -1.53. The van der Waals surface area contributed by atoms with E-state index in [0.717, 1.165) is 6.08 Å². The average Bonchev–Trinajstić information content (AvgIpc) is 2.10. The van der Waals surface area contributed by atoms with Crippen LogP contribution >= 0.6 is 0 Å². The van der Waals surface area contributed by atoms with Gasteiger partial charge in [0.05, 0.1) is 0 Å². The van der Waals surface area contributed by atoms with Gasteiger partial charge in [-0.1, -0.05) is 13.0 Å². The molecule has 0 unspecified atom stereocenters. The molecule has 2 N–H and O–H groups in total. The maximum atomic E-state index is 11.8. The zero-order valence-electron chi connectivity index (χ0n) is 7.84. The van der Waals surface area contributed by atoms with Crippen molar-refractivity contribution in [2.75, 3.05) is 0 Å². The second-order valence-electron chi connectivity index (χ2n) is 2.88. The molecule has 0 aromatic carbocycles. The molecule has 0 aliphatic heterocycles. The van der Waals surface area contributed by atoms with Gasteiger partial charge in [-0.05, 0) is 0 Å². The van der Waals surface area contributed by atoms with Gasteiger partial charge in [0.1, 0.15) is 6.04 Å². The van der Waals surface area contributed by atoms with Crippen molar-refractivity contribution in [2.45, 2.75) is 19.1 Å². The van der Waals surface area contributed by atoms with Crippen molar-refractivity contribution in [2.24, 2.45) is 5.92 Å². The van der Waals surface area contributed by atoms with Crippen LogP contribution in [0.5, 0.6) is 0 Å². The predicted molar refractivity (Wildman–Crippen MR) is 45.0 cm³/mol. The monoisotopic (exact) mass is 225 g/mol. The van der Waals surface area contributed by atoms with Crippen molar-refractivity contribution in [1.82, 2.24) is 5.32 Å². The predicted octanol–water partition coefficient (Wildman–Crippen LogP) is 0.940. The van der Waals surface area contributed by atoms with E-state index in [1.807, 2.05) is 0 Å². The van der Waals surface area contributed by atoms with Crippen LogP contribution in [-0.4, -0.2) is 29.2 Å². The number of carbonyl (C=O) groups excluding carboxylic acids is 1.